The molecule has 1 amide bonds. The molecule has 28 heavy (non-hydrogen) atoms. The SMILES string of the molecule is NS(=O)(=O)c1ccc(-c2ccc(/C=N/NC(=O)c3cc4c(s3)CCC4)o2)cc1. The number of hydrazone groups is 1. The first-order valence-electron chi connectivity index (χ1n) is 8.58. The molecule has 0 unspecified atom stereocenters. The minimum atomic E-state index is -3.73. The van der Waals surface area contributed by atoms with Crippen molar-refractivity contribution in [3.8, 4) is 11.3 Å². The molecule has 0 bridgehead atoms. The number of fused-ring (bicyclic) bond motifs is 1. The van der Waals surface area contributed by atoms with Gasteiger partial charge in [-0.1, -0.05) is 0 Å². The molecule has 0 aliphatic heterocycles. The number of carbonyl (C=O) groups is 1. The van der Waals surface area contributed by atoms with Gasteiger partial charge in [0.25, 0.3) is 5.91 Å². The molecule has 3 N–H and O–H groups in total. The molecule has 0 atom stereocenters. The molecule has 1 aromatic carbocycles. The Bertz CT molecular complexity index is 1140. The molecular weight excluding hydrogens is 398 g/mol. The number of carbonyl (C=O) groups excluding carboxylic acids is 1. The Hall–Kier alpha value is -2.75. The average molecular weight is 415 g/mol. The number of benzene rings is 1. The van der Waals surface area contributed by atoms with Crippen molar-refractivity contribution >= 4 is 33.5 Å². The van der Waals surface area contributed by atoms with E-state index in [0.29, 0.717) is 22.0 Å². The number of furan rings is 1. The number of amides is 1. The summed E-state index contributed by atoms with van der Waals surface area (Å²) in [6.07, 6.45) is 4.66. The van der Waals surface area contributed by atoms with Crippen LogP contribution in [0.15, 0.2) is 56.9 Å². The van der Waals surface area contributed by atoms with Gasteiger partial charge in [-0.15, -0.1) is 11.3 Å². The normalized spacial score (nSPS) is 13.8. The topological polar surface area (TPSA) is 115 Å². The van der Waals surface area contributed by atoms with Crippen LogP contribution in [-0.4, -0.2) is 20.5 Å². The fourth-order valence-electron chi connectivity index (χ4n) is 3.04. The number of rotatable bonds is 5. The van der Waals surface area contributed by atoms with Gasteiger partial charge >= 0.3 is 0 Å². The molecule has 4 rings (SSSR count). The first kappa shape index (κ1) is 18.6. The van der Waals surface area contributed by atoms with Crippen LogP contribution in [0.25, 0.3) is 11.3 Å². The van der Waals surface area contributed by atoms with Crippen molar-refractivity contribution in [2.24, 2.45) is 10.2 Å². The van der Waals surface area contributed by atoms with Crippen LogP contribution in [0.5, 0.6) is 0 Å². The number of thiophene rings is 1. The number of aryl methyl sites for hydroxylation is 2. The van der Waals surface area contributed by atoms with Gasteiger partial charge in [0.1, 0.15) is 11.5 Å². The first-order valence-corrected chi connectivity index (χ1v) is 10.9. The zero-order valence-corrected chi connectivity index (χ0v) is 16.3. The molecule has 0 radical (unpaired) electrons. The molecular formula is C19H17N3O4S2. The number of sulfonamides is 1. The quantitative estimate of drug-likeness (QED) is 0.492. The Labute approximate surface area is 165 Å². The molecule has 0 fully saturated rings. The van der Waals surface area contributed by atoms with Gasteiger partial charge in [-0.25, -0.2) is 19.0 Å². The summed E-state index contributed by atoms with van der Waals surface area (Å²) in [7, 11) is -3.73. The van der Waals surface area contributed by atoms with Gasteiger partial charge in [-0.2, -0.15) is 5.10 Å². The zero-order valence-electron chi connectivity index (χ0n) is 14.7. The molecule has 0 spiro atoms. The van der Waals surface area contributed by atoms with Crippen molar-refractivity contribution in [3.63, 3.8) is 0 Å². The van der Waals surface area contributed by atoms with E-state index in [9.17, 15) is 13.2 Å². The van der Waals surface area contributed by atoms with Crippen LogP contribution in [0.1, 0.15) is 32.3 Å². The van der Waals surface area contributed by atoms with Crippen LogP contribution in [0, 0.1) is 0 Å². The van der Waals surface area contributed by atoms with Crippen LogP contribution >= 0.6 is 11.3 Å². The van der Waals surface area contributed by atoms with Crippen molar-refractivity contribution < 1.29 is 17.6 Å². The summed E-state index contributed by atoms with van der Waals surface area (Å²) >= 11 is 1.52. The highest BCUT2D eigenvalue weighted by atomic mass is 32.2. The molecule has 0 saturated carbocycles. The summed E-state index contributed by atoms with van der Waals surface area (Å²) in [6.45, 7) is 0. The third-order valence-corrected chi connectivity index (χ3v) is 6.59. The molecule has 0 saturated heterocycles. The zero-order chi connectivity index (χ0) is 19.7. The molecule has 2 aromatic heterocycles. The van der Waals surface area contributed by atoms with Crippen LogP contribution in [0.3, 0.4) is 0 Å². The Balaban J connectivity index is 1.40. The lowest BCUT2D eigenvalue weighted by atomic mass is 10.2. The smallest absolute Gasteiger partial charge is 0.281 e. The summed E-state index contributed by atoms with van der Waals surface area (Å²) in [6, 6.07) is 11.4. The predicted octanol–water partition coefficient (Wildman–Crippen LogP) is 2.91. The van der Waals surface area contributed by atoms with Crippen molar-refractivity contribution in [3.05, 3.63) is 63.5 Å². The second-order valence-electron chi connectivity index (χ2n) is 6.38. The highest BCUT2D eigenvalue weighted by Crippen LogP contribution is 2.30. The summed E-state index contributed by atoms with van der Waals surface area (Å²) in [5, 5.41) is 9.04. The van der Waals surface area contributed by atoms with Gasteiger partial charge in [0, 0.05) is 10.4 Å². The maximum atomic E-state index is 12.2. The summed E-state index contributed by atoms with van der Waals surface area (Å²) in [4.78, 5) is 14.2. The van der Waals surface area contributed by atoms with E-state index in [-0.39, 0.29) is 10.8 Å². The molecule has 2 heterocycles. The minimum Gasteiger partial charge on any atom is -0.455 e. The van der Waals surface area contributed by atoms with E-state index in [1.165, 1.54) is 40.1 Å². The number of primary sulfonamides is 1. The van der Waals surface area contributed by atoms with Crippen molar-refractivity contribution in [2.75, 3.05) is 0 Å². The molecule has 1 aliphatic carbocycles. The summed E-state index contributed by atoms with van der Waals surface area (Å²) < 4.78 is 28.3. The Morgan fingerprint density at radius 2 is 1.96 bits per heavy atom. The first-order chi connectivity index (χ1) is 13.4. The molecule has 144 valence electrons. The fourth-order valence-corrected chi connectivity index (χ4v) is 4.70. The van der Waals surface area contributed by atoms with E-state index >= 15 is 0 Å². The molecule has 9 heteroatoms. The molecule has 1 aliphatic rings. The van der Waals surface area contributed by atoms with Gasteiger partial charge in [0.15, 0.2) is 0 Å². The average Bonchev–Trinajstić information content (AvgIpc) is 3.37. The molecule has 3 aromatic rings. The van der Waals surface area contributed by atoms with Crippen molar-refractivity contribution in [1.29, 1.82) is 0 Å². The highest BCUT2D eigenvalue weighted by molar-refractivity contribution is 7.89. The lowest BCUT2D eigenvalue weighted by Gasteiger charge is -2.00. The Morgan fingerprint density at radius 3 is 2.68 bits per heavy atom. The Morgan fingerprint density at radius 1 is 1.18 bits per heavy atom. The van der Waals surface area contributed by atoms with Crippen molar-refractivity contribution in [1.82, 2.24) is 5.43 Å². The van der Waals surface area contributed by atoms with E-state index < -0.39 is 10.0 Å². The fraction of sp³-hybridized carbons (Fsp3) is 0.158. The van der Waals surface area contributed by atoms with Gasteiger partial charge in [-0.05, 0) is 67.3 Å². The summed E-state index contributed by atoms with van der Waals surface area (Å²) in [5.41, 5.74) is 4.47. The van der Waals surface area contributed by atoms with Gasteiger partial charge < -0.3 is 4.42 Å². The van der Waals surface area contributed by atoms with E-state index in [2.05, 4.69) is 10.5 Å². The highest BCUT2D eigenvalue weighted by Gasteiger charge is 2.18. The number of hydrogen-bond donors (Lipinski definition) is 2. The second kappa shape index (κ2) is 7.34. The van der Waals surface area contributed by atoms with Crippen LogP contribution < -0.4 is 10.6 Å². The minimum absolute atomic E-state index is 0.0341. The Kier molecular flexibility index (Phi) is 4.88. The van der Waals surface area contributed by atoms with E-state index in [4.69, 9.17) is 9.56 Å². The third kappa shape index (κ3) is 3.91. The van der Waals surface area contributed by atoms with Gasteiger partial charge in [0.05, 0.1) is 16.0 Å². The van der Waals surface area contributed by atoms with E-state index in [1.54, 1.807) is 24.3 Å². The van der Waals surface area contributed by atoms with Crippen LogP contribution in [0.4, 0.5) is 0 Å². The van der Waals surface area contributed by atoms with Gasteiger partial charge in [-0.3, -0.25) is 4.79 Å². The van der Waals surface area contributed by atoms with Gasteiger partial charge in [0.2, 0.25) is 10.0 Å². The maximum Gasteiger partial charge on any atom is 0.281 e. The lowest BCUT2D eigenvalue weighted by Crippen LogP contribution is -2.16. The number of hydrogen-bond acceptors (Lipinski definition) is 6. The van der Waals surface area contributed by atoms with Crippen molar-refractivity contribution in [2.45, 2.75) is 24.2 Å². The number of nitrogens with one attached hydrogen (secondary N) is 1. The van der Waals surface area contributed by atoms with E-state index in [0.717, 1.165) is 19.3 Å². The number of nitrogens with two attached hydrogens (primary N) is 1. The van der Waals surface area contributed by atoms with E-state index in [1.807, 2.05) is 6.07 Å². The monoisotopic (exact) mass is 415 g/mol. The standard InChI is InChI=1S/C19H17N3O4S2/c20-28(24,25)15-7-4-12(5-8-15)16-9-6-14(26-16)11-21-22-19(23)18-10-13-2-1-3-17(13)27-18/h4-11H,1-3H2,(H,22,23)(H2,20,24,25)/b21-11+. The maximum absolute atomic E-state index is 12.2. The van der Waals surface area contributed by atoms with Crippen LogP contribution in [-0.2, 0) is 22.9 Å². The second-order valence-corrected chi connectivity index (χ2v) is 9.08. The number of nitrogens with zero attached hydrogens (tertiary/aromatic N) is 1. The predicted molar refractivity (Wildman–Crippen MR) is 107 cm³/mol. The third-order valence-electron chi connectivity index (χ3n) is 4.42. The largest absolute Gasteiger partial charge is 0.455 e. The molecule has 7 nitrogen and oxygen atoms in total. The van der Waals surface area contributed by atoms with Crippen LogP contribution in [0.2, 0.25) is 0 Å². The summed E-state index contributed by atoms with van der Waals surface area (Å²) in [5.74, 6) is 0.768. The lowest BCUT2D eigenvalue weighted by molar-refractivity contribution is 0.0959.